The van der Waals surface area contributed by atoms with Crippen LogP contribution >= 0.6 is 22.6 Å². The first-order chi connectivity index (χ1) is 9.60. The molecule has 0 amide bonds. The first-order valence-corrected chi connectivity index (χ1v) is 6.99. The highest BCUT2D eigenvalue weighted by Crippen LogP contribution is 2.29. The minimum atomic E-state index is -0.435. The second-order valence-electron chi connectivity index (χ2n) is 4.09. The lowest BCUT2D eigenvalue weighted by atomic mass is 10.1. The van der Waals surface area contributed by atoms with E-state index < -0.39 is 4.92 Å². The summed E-state index contributed by atoms with van der Waals surface area (Å²) in [5.74, 6) is 1.23. The summed E-state index contributed by atoms with van der Waals surface area (Å²) in [6, 6.07) is 11.8. The summed E-state index contributed by atoms with van der Waals surface area (Å²) in [5, 5.41) is 19.5. The number of ether oxygens (including phenoxy) is 1. The van der Waals surface area contributed by atoms with Gasteiger partial charge in [0.25, 0.3) is 5.69 Å². The molecule has 104 valence electrons. The largest absolute Gasteiger partial charge is 0.456 e. The summed E-state index contributed by atoms with van der Waals surface area (Å²) in [5.41, 5.74) is 1.07. The molecule has 2 aromatic rings. The first kappa shape index (κ1) is 14.7. The van der Waals surface area contributed by atoms with Gasteiger partial charge in [-0.2, -0.15) is 0 Å². The van der Waals surface area contributed by atoms with Gasteiger partial charge in [-0.3, -0.25) is 10.1 Å². The van der Waals surface area contributed by atoms with Crippen LogP contribution in [0.3, 0.4) is 0 Å². The van der Waals surface area contributed by atoms with Crippen LogP contribution in [0.2, 0.25) is 0 Å². The normalized spacial score (nSPS) is 10.3. The van der Waals surface area contributed by atoms with Gasteiger partial charge in [-0.25, -0.2) is 0 Å². The number of halogens is 1. The molecule has 0 saturated carbocycles. The fraction of sp³-hybridized carbons (Fsp3) is 0.143. The summed E-state index contributed by atoms with van der Waals surface area (Å²) in [6.07, 6.45) is 0.606. The van der Waals surface area contributed by atoms with E-state index in [1.54, 1.807) is 6.07 Å². The van der Waals surface area contributed by atoms with Crippen LogP contribution in [0, 0.1) is 13.7 Å². The molecule has 2 aromatic carbocycles. The summed E-state index contributed by atoms with van der Waals surface area (Å²) >= 11 is 2.00. The van der Waals surface area contributed by atoms with Crippen LogP contribution < -0.4 is 4.74 Å². The number of nitro groups is 1. The number of non-ortho nitro benzene ring substituents is 1. The number of hydrogen-bond acceptors (Lipinski definition) is 4. The molecule has 1 N–H and O–H groups in total. The molecule has 2 rings (SSSR count). The van der Waals surface area contributed by atoms with E-state index in [0.717, 1.165) is 5.56 Å². The Morgan fingerprint density at radius 3 is 2.45 bits per heavy atom. The maximum absolute atomic E-state index is 10.7. The average molecular weight is 385 g/mol. The second-order valence-corrected chi connectivity index (χ2v) is 5.25. The van der Waals surface area contributed by atoms with Crippen molar-refractivity contribution in [2.75, 3.05) is 6.61 Å². The maximum Gasteiger partial charge on any atom is 0.270 e. The molecule has 0 bridgehead atoms. The van der Waals surface area contributed by atoms with Crippen molar-refractivity contribution in [3.8, 4) is 11.5 Å². The maximum atomic E-state index is 10.7. The molecule has 0 saturated heterocycles. The van der Waals surface area contributed by atoms with Crippen molar-refractivity contribution >= 4 is 28.3 Å². The molecule has 0 aliphatic rings. The summed E-state index contributed by atoms with van der Waals surface area (Å²) < 4.78 is 6.36. The Labute approximate surface area is 129 Å². The van der Waals surface area contributed by atoms with Crippen LogP contribution in [0.4, 0.5) is 5.69 Å². The Morgan fingerprint density at radius 1 is 1.20 bits per heavy atom. The summed E-state index contributed by atoms with van der Waals surface area (Å²) in [7, 11) is 0. The van der Waals surface area contributed by atoms with E-state index in [-0.39, 0.29) is 12.3 Å². The third-order valence-corrected chi connectivity index (χ3v) is 3.52. The zero-order valence-electron chi connectivity index (χ0n) is 10.5. The van der Waals surface area contributed by atoms with Crippen molar-refractivity contribution in [2.24, 2.45) is 0 Å². The van der Waals surface area contributed by atoms with Crippen molar-refractivity contribution in [1.29, 1.82) is 0 Å². The van der Waals surface area contributed by atoms with Gasteiger partial charge in [0.2, 0.25) is 0 Å². The first-order valence-electron chi connectivity index (χ1n) is 5.92. The monoisotopic (exact) mass is 385 g/mol. The van der Waals surface area contributed by atoms with Gasteiger partial charge in [-0.15, -0.1) is 0 Å². The lowest BCUT2D eigenvalue weighted by Crippen LogP contribution is -1.93. The molecule has 20 heavy (non-hydrogen) atoms. The van der Waals surface area contributed by atoms with E-state index in [1.165, 1.54) is 12.1 Å². The van der Waals surface area contributed by atoms with Gasteiger partial charge in [0.15, 0.2) is 0 Å². The summed E-state index contributed by atoms with van der Waals surface area (Å²) in [6.45, 7) is 0.112. The molecule has 0 heterocycles. The molecule has 0 aromatic heterocycles. The van der Waals surface area contributed by atoms with Gasteiger partial charge in [0.1, 0.15) is 11.5 Å². The van der Waals surface area contributed by atoms with Crippen LogP contribution in [0.1, 0.15) is 5.56 Å². The zero-order valence-corrected chi connectivity index (χ0v) is 12.6. The minimum absolute atomic E-state index is 0.0417. The molecule has 0 radical (unpaired) electrons. The zero-order chi connectivity index (χ0) is 14.5. The smallest absolute Gasteiger partial charge is 0.270 e. The van der Waals surface area contributed by atoms with Gasteiger partial charge in [0, 0.05) is 18.7 Å². The predicted octanol–water partition coefficient (Wildman–Crippen LogP) is 3.53. The third kappa shape index (κ3) is 3.67. The van der Waals surface area contributed by atoms with E-state index in [9.17, 15) is 10.1 Å². The molecular weight excluding hydrogens is 373 g/mol. The van der Waals surface area contributed by atoms with E-state index in [2.05, 4.69) is 0 Å². The quantitative estimate of drug-likeness (QED) is 0.486. The van der Waals surface area contributed by atoms with E-state index in [4.69, 9.17) is 9.84 Å². The van der Waals surface area contributed by atoms with Crippen LogP contribution in [0.5, 0.6) is 11.5 Å². The molecule has 0 fully saturated rings. The van der Waals surface area contributed by atoms with E-state index >= 15 is 0 Å². The molecule has 0 spiro atoms. The van der Waals surface area contributed by atoms with Gasteiger partial charge >= 0.3 is 0 Å². The van der Waals surface area contributed by atoms with Crippen molar-refractivity contribution in [3.63, 3.8) is 0 Å². The highest BCUT2D eigenvalue weighted by Gasteiger charge is 2.10. The number of benzene rings is 2. The van der Waals surface area contributed by atoms with Gasteiger partial charge in [-0.05, 0) is 52.8 Å². The standard InChI is InChI=1S/C14H12INO4/c15-13-9-11(16(18)19)3-6-14(13)20-12-4-1-10(2-5-12)7-8-17/h1-6,9,17H,7-8H2. The number of aliphatic hydroxyl groups is 1. The van der Waals surface area contributed by atoms with Gasteiger partial charge < -0.3 is 9.84 Å². The van der Waals surface area contributed by atoms with Crippen molar-refractivity contribution in [2.45, 2.75) is 6.42 Å². The minimum Gasteiger partial charge on any atom is -0.456 e. The van der Waals surface area contributed by atoms with Crippen molar-refractivity contribution in [3.05, 3.63) is 61.7 Å². The fourth-order valence-electron chi connectivity index (χ4n) is 1.67. The van der Waals surface area contributed by atoms with Crippen LogP contribution in [0.15, 0.2) is 42.5 Å². The number of nitro benzene ring substituents is 1. The Balaban J connectivity index is 2.15. The topological polar surface area (TPSA) is 72.6 Å². The molecular formula is C14H12INO4. The lowest BCUT2D eigenvalue weighted by Gasteiger charge is -2.08. The molecule has 0 aliphatic heterocycles. The summed E-state index contributed by atoms with van der Waals surface area (Å²) in [4.78, 5) is 10.2. The Hall–Kier alpha value is -1.67. The Kier molecular flexibility index (Phi) is 4.91. The fourth-order valence-corrected chi connectivity index (χ4v) is 2.28. The molecule has 5 nitrogen and oxygen atoms in total. The molecule has 0 unspecified atom stereocenters. The van der Waals surface area contributed by atoms with Crippen molar-refractivity contribution in [1.82, 2.24) is 0 Å². The number of hydrogen-bond donors (Lipinski definition) is 1. The average Bonchev–Trinajstić information content (AvgIpc) is 2.43. The van der Waals surface area contributed by atoms with E-state index in [1.807, 2.05) is 46.9 Å². The highest BCUT2D eigenvalue weighted by molar-refractivity contribution is 14.1. The van der Waals surface area contributed by atoms with Crippen LogP contribution in [-0.4, -0.2) is 16.6 Å². The van der Waals surface area contributed by atoms with E-state index in [0.29, 0.717) is 21.5 Å². The highest BCUT2D eigenvalue weighted by atomic mass is 127. The van der Waals surface area contributed by atoms with Crippen molar-refractivity contribution < 1.29 is 14.8 Å². The Morgan fingerprint density at radius 2 is 1.90 bits per heavy atom. The predicted molar refractivity (Wildman–Crippen MR) is 83.1 cm³/mol. The SMILES string of the molecule is O=[N+]([O-])c1ccc(Oc2ccc(CCO)cc2)c(I)c1. The molecule has 0 aliphatic carbocycles. The second kappa shape index (κ2) is 6.67. The molecule has 0 atom stereocenters. The van der Waals surface area contributed by atoms with Crippen LogP contribution in [-0.2, 0) is 6.42 Å². The Bertz CT molecular complexity index is 613. The number of rotatable bonds is 5. The van der Waals surface area contributed by atoms with Gasteiger partial charge in [0.05, 0.1) is 8.49 Å². The third-order valence-electron chi connectivity index (χ3n) is 2.68. The van der Waals surface area contributed by atoms with Crippen LogP contribution in [0.25, 0.3) is 0 Å². The molecule has 6 heteroatoms. The van der Waals surface area contributed by atoms with Gasteiger partial charge in [-0.1, -0.05) is 12.1 Å². The lowest BCUT2D eigenvalue weighted by molar-refractivity contribution is -0.385. The number of nitrogens with zero attached hydrogens (tertiary/aromatic N) is 1. The number of aliphatic hydroxyl groups excluding tert-OH is 1.